The van der Waals surface area contributed by atoms with Crippen LogP contribution in [0.3, 0.4) is 0 Å². The first-order valence-electron chi connectivity index (χ1n) is 11.7. The number of amides is 2. The van der Waals surface area contributed by atoms with Gasteiger partial charge in [0.2, 0.25) is 11.8 Å². The van der Waals surface area contributed by atoms with Crippen molar-refractivity contribution >= 4 is 29.5 Å². The van der Waals surface area contributed by atoms with E-state index < -0.39 is 0 Å². The van der Waals surface area contributed by atoms with Crippen LogP contribution in [0.2, 0.25) is 5.02 Å². The van der Waals surface area contributed by atoms with Crippen LogP contribution in [0.1, 0.15) is 57.9 Å². The van der Waals surface area contributed by atoms with Crippen molar-refractivity contribution in [1.29, 1.82) is 0 Å². The molecule has 0 spiro atoms. The fraction of sp³-hybridized carbons (Fsp3) is 0.600. The standard InChI is InChI=1S/C25H35ClN2O4/c1-18(2)32-24-21(26)16-19(17-22(24)31-3)8-9-23(29)27-14-10-20(11-15-27)25(30)28-12-6-4-5-7-13-28/h8-9,16-18,20H,4-7,10-15H2,1-3H3/b9-8+. The molecule has 2 amide bonds. The minimum absolute atomic E-state index is 0.0291. The van der Waals surface area contributed by atoms with Gasteiger partial charge >= 0.3 is 0 Å². The number of rotatable bonds is 6. The Morgan fingerprint density at radius 1 is 1.03 bits per heavy atom. The molecule has 0 radical (unpaired) electrons. The predicted molar refractivity (Wildman–Crippen MR) is 127 cm³/mol. The van der Waals surface area contributed by atoms with E-state index in [9.17, 15) is 9.59 Å². The average molecular weight is 463 g/mol. The minimum atomic E-state index is -0.0525. The molecule has 0 atom stereocenters. The number of hydrogen-bond donors (Lipinski definition) is 0. The zero-order valence-corrected chi connectivity index (χ0v) is 20.2. The lowest BCUT2D eigenvalue weighted by Crippen LogP contribution is -2.44. The van der Waals surface area contributed by atoms with Crippen LogP contribution in [0.5, 0.6) is 11.5 Å². The molecule has 1 aromatic rings. The van der Waals surface area contributed by atoms with E-state index in [1.807, 2.05) is 23.6 Å². The summed E-state index contributed by atoms with van der Waals surface area (Å²) >= 11 is 6.37. The third-order valence-electron chi connectivity index (χ3n) is 6.10. The molecular weight excluding hydrogens is 428 g/mol. The van der Waals surface area contributed by atoms with E-state index in [2.05, 4.69) is 0 Å². The molecule has 7 heteroatoms. The summed E-state index contributed by atoms with van der Waals surface area (Å²) < 4.78 is 11.1. The van der Waals surface area contributed by atoms with Crippen molar-refractivity contribution in [3.05, 3.63) is 28.8 Å². The Kier molecular flexibility index (Phi) is 8.85. The van der Waals surface area contributed by atoms with E-state index in [1.54, 1.807) is 31.4 Å². The average Bonchev–Trinajstić information content (AvgIpc) is 3.08. The Morgan fingerprint density at radius 3 is 2.28 bits per heavy atom. The lowest BCUT2D eigenvalue weighted by molar-refractivity contribution is -0.139. The molecule has 2 saturated heterocycles. The van der Waals surface area contributed by atoms with Crippen molar-refractivity contribution in [3.8, 4) is 11.5 Å². The van der Waals surface area contributed by atoms with Gasteiger partial charge in [0.15, 0.2) is 11.5 Å². The second-order valence-electron chi connectivity index (χ2n) is 8.87. The Bertz CT molecular complexity index is 823. The number of piperidine rings is 1. The second-order valence-corrected chi connectivity index (χ2v) is 9.28. The molecule has 0 saturated carbocycles. The fourth-order valence-electron chi connectivity index (χ4n) is 4.36. The predicted octanol–water partition coefficient (Wildman–Crippen LogP) is 4.79. The van der Waals surface area contributed by atoms with Gasteiger partial charge in [0, 0.05) is 38.2 Å². The summed E-state index contributed by atoms with van der Waals surface area (Å²) in [5.41, 5.74) is 0.766. The molecule has 1 aromatic carbocycles. The monoisotopic (exact) mass is 462 g/mol. The summed E-state index contributed by atoms with van der Waals surface area (Å²) in [4.78, 5) is 29.4. The summed E-state index contributed by atoms with van der Waals surface area (Å²) in [6, 6.07) is 3.57. The Morgan fingerprint density at radius 2 is 1.69 bits per heavy atom. The molecule has 0 aliphatic carbocycles. The maximum atomic E-state index is 12.9. The molecule has 176 valence electrons. The first kappa shape index (κ1) is 24.4. The minimum Gasteiger partial charge on any atom is -0.493 e. The van der Waals surface area contributed by atoms with Crippen molar-refractivity contribution in [3.63, 3.8) is 0 Å². The molecule has 0 bridgehead atoms. The largest absolute Gasteiger partial charge is 0.493 e. The Labute approximate surface area is 196 Å². The number of hydrogen-bond acceptors (Lipinski definition) is 4. The van der Waals surface area contributed by atoms with Gasteiger partial charge in [0.25, 0.3) is 0 Å². The lowest BCUT2D eigenvalue weighted by atomic mass is 9.95. The first-order valence-corrected chi connectivity index (χ1v) is 12.1. The zero-order chi connectivity index (χ0) is 23.1. The summed E-state index contributed by atoms with van der Waals surface area (Å²) in [7, 11) is 1.56. The van der Waals surface area contributed by atoms with Gasteiger partial charge in [0.05, 0.1) is 18.2 Å². The maximum absolute atomic E-state index is 12.9. The van der Waals surface area contributed by atoms with Crippen LogP contribution >= 0.6 is 11.6 Å². The van der Waals surface area contributed by atoms with Crippen molar-refractivity contribution < 1.29 is 19.1 Å². The first-order chi connectivity index (χ1) is 15.4. The number of benzene rings is 1. The zero-order valence-electron chi connectivity index (χ0n) is 19.4. The molecule has 6 nitrogen and oxygen atoms in total. The van der Waals surface area contributed by atoms with Gasteiger partial charge in [-0.05, 0) is 63.3 Å². The summed E-state index contributed by atoms with van der Waals surface area (Å²) in [6.45, 7) is 6.83. The van der Waals surface area contributed by atoms with Crippen LogP contribution in [0.15, 0.2) is 18.2 Å². The SMILES string of the molecule is COc1cc(/C=C/C(=O)N2CCC(C(=O)N3CCCCCC3)CC2)cc(Cl)c1OC(C)C. The fourth-order valence-corrected chi connectivity index (χ4v) is 4.62. The van der Waals surface area contributed by atoms with Gasteiger partial charge in [-0.15, -0.1) is 0 Å². The Balaban J connectivity index is 1.56. The molecule has 2 aliphatic rings. The van der Waals surface area contributed by atoms with Crippen molar-refractivity contribution in [2.75, 3.05) is 33.3 Å². The van der Waals surface area contributed by atoms with Crippen LogP contribution < -0.4 is 9.47 Å². The van der Waals surface area contributed by atoms with Crippen molar-refractivity contribution in [2.24, 2.45) is 5.92 Å². The van der Waals surface area contributed by atoms with Gasteiger partial charge in [-0.1, -0.05) is 24.4 Å². The van der Waals surface area contributed by atoms with Crippen LogP contribution in [-0.4, -0.2) is 61.0 Å². The maximum Gasteiger partial charge on any atom is 0.246 e. The summed E-state index contributed by atoms with van der Waals surface area (Å²) in [6.07, 6.45) is 9.38. The molecule has 2 aliphatic heterocycles. The number of ether oxygens (including phenoxy) is 2. The summed E-state index contributed by atoms with van der Waals surface area (Å²) in [5.74, 6) is 1.30. The highest BCUT2D eigenvalue weighted by Crippen LogP contribution is 2.37. The third-order valence-corrected chi connectivity index (χ3v) is 6.38. The number of carbonyl (C=O) groups excluding carboxylic acids is 2. The number of carbonyl (C=O) groups is 2. The molecule has 3 rings (SSSR count). The molecular formula is C25H35ClN2O4. The van der Waals surface area contributed by atoms with Crippen molar-refractivity contribution in [1.82, 2.24) is 9.80 Å². The Hall–Kier alpha value is -2.21. The molecule has 2 fully saturated rings. The second kappa shape index (κ2) is 11.6. The van der Waals surface area contributed by atoms with Gasteiger partial charge in [0.1, 0.15) is 0 Å². The topological polar surface area (TPSA) is 59.1 Å². The number of halogens is 1. The normalized spacial score (nSPS) is 18.2. The van der Waals surface area contributed by atoms with Gasteiger partial charge in [-0.2, -0.15) is 0 Å². The smallest absolute Gasteiger partial charge is 0.246 e. The van der Waals surface area contributed by atoms with E-state index in [1.165, 1.54) is 12.8 Å². The van der Waals surface area contributed by atoms with Crippen LogP contribution in [0, 0.1) is 5.92 Å². The molecule has 32 heavy (non-hydrogen) atoms. The number of likely N-dealkylation sites (tertiary alicyclic amines) is 2. The third kappa shape index (κ3) is 6.41. The van der Waals surface area contributed by atoms with Crippen LogP contribution in [-0.2, 0) is 9.59 Å². The molecule has 2 heterocycles. The van der Waals surface area contributed by atoms with Crippen molar-refractivity contribution in [2.45, 2.75) is 58.5 Å². The lowest BCUT2D eigenvalue weighted by Gasteiger charge is -2.33. The van der Waals surface area contributed by atoms with Crippen LogP contribution in [0.25, 0.3) is 6.08 Å². The van der Waals surface area contributed by atoms with Gasteiger partial charge in [-0.3, -0.25) is 9.59 Å². The van der Waals surface area contributed by atoms with Gasteiger partial charge in [-0.25, -0.2) is 0 Å². The van der Waals surface area contributed by atoms with Crippen LogP contribution in [0.4, 0.5) is 0 Å². The van der Waals surface area contributed by atoms with E-state index in [0.717, 1.165) is 44.3 Å². The number of nitrogens with zero attached hydrogens (tertiary/aromatic N) is 2. The molecule has 0 unspecified atom stereocenters. The van der Waals surface area contributed by atoms with E-state index >= 15 is 0 Å². The summed E-state index contributed by atoms with van der Waals surface area (Å²) in [5, 5.41) is 0.443. The van der Waals surface area contributed by atoms with E-state index in [0.29, 0.717) is 29.6 Å². The molecule has 0 aromatic heterocycles. The quantitative estimate of drug-likeness (QED) is 0.570. The van der Waals surface area contributed by atoms with Gasteiger partial charge < -0.3 is 19.3 Å². The van der Waals surface area contributed by atoms with E-state index in [4.69, 9.17) is 21.1 Å². The number of methoxy groups -OCH3 is 1. The molecule has 0 N–H and O–H groups in total. The van der Waals surface area contributed by atoms with E-state index in [-0.39, 0.29) is 23.8 Å². The highest BCUT2D eigenvalue weighted by Gasteiger charge is 2.29. The highest BCUT2D eigenvalue weighted by atomic mass is 35.5. The highest BCUT2D eigenvalue weighted by molar-refractivity contribution is 6.32.